The van der Waals surface area contributed by atoms with Crippen LogP contribution in [0.15, 0.2) is 0 Å². The van der Waals surface area contributed by atoms with E-state index in [1.165, 1.54) is 0 Å². The Bertz CT molecular complexity index is 315. The summed E-state index contributed by atoms with van der Waals surface area (Å²) in [6, 6.07) is 2.08. The molecule has 0 amide bonds. The van der Waals surface area contributed by atoms with E-state index in [-0.39, 0.29) is 30.0 Å². The van der Waals surface area contributed by atoms with Gasteiger partial charge in [0, 0.05) is 0 Å². The molecule has 4 nitrogen and oxygen atoms in total. The molecule has 0 aromatic rings. The third kappa shape index (κ3) is 5.65. The monoisotopic (exact) mass is 271 g/mol. The van der Waals surface area contributed by atoms with E-state index in [1.807, 2.05) is 0 Å². The predicted molar refractivity (Wildman–Crippen MR) is 73.6 cm³/mol. The highest BCUT2D eigenvalue weighted by Crippen LogP contribution is 2.37. The SMILES string of the molecule is CCOC(=O)C[C@H](CC#N)O[Si](C)(C)C(C)(C)C. The van der Waals surface area contributed by atoms with Gasteiger partial charge in [-0.2, -0.15) is 5.26 Å². The van der Waals surface area contributed by atoms with Gasteiger partial charge in [0.05, 0.1) is 31.6 Å². The van der Waals surface area contributed by atoms with Crippen molar-refractivity contribution in [3.63, 3.8) is 0 Å². The fourth-order valence-corrected chi connectivity index (χ4v) is 2.61. The highest BCUT2D eigenvalue weighted by Gasteiger charge is 2.39. The van der Waals surface area contributed by atoms with Gasteiger partial charge in [0.15, 0.2) is 8.32 Å². The van der Waals surface area contributed by atoms with Crippen LogP contribution >= 0.6 is 0 Å². The van der Waals surface area contributed by atoms with Gasteiger partial charge in [0.25, 0.3) is 0 Å². The molecule has 0 aliphatic heterocycles. The van der Waals surface area contributed by atoms with Crippen molar-refractivity contribution >= 4 is 14.3 Å². The molecule has 0 saturated heterocycles. The fourth-order valence-electron chi connectivity index (χ4n) is 1.26. The summed E-state index contributed by atoms with van der Waals surface area (Å²) in [5.41, 5.74) is 0. The van der Waals surface area contributed by atoms with E-state index in [4.69, 9.17) is 14.4 Å². The minimum atomic E-state index is -1.95. The minimum Gasteiger partial charge on any atom is -0.466 e. The Labute approximate surface area is 111 Å². The zero-order chi connectivity index (χ0) is 14.4. The van der Waals surface area contributed by atoms with E-state index in [0.717, 1.165) is 0 Å². The Morgan fingerprint density at radius 1 is 1.39 bits per heavy atom. The number of ether oxygens (including phenoxy) is 1. The lowest BCUT2D eigenvalue weighted by Gasteiger charge is -2.38. The molecule has 0 saturated carbocycles. The molecule has 0 bridgehead atoms. The molecule has 0 aliphatic carbocycles. The third-order valence-electron chi connectivity index (χ3n) is 3.29. The molecule has 0 N–H and O–H groups in total. The van der Waals surface area contributed by atoms with Crippen LogP contribution in [0.2, 0.25) is 18.1 Å². The third-order valence-corrected chi connectivity index (χ3v) is 7.82. The zero-order valence-electron chi connectivity index (χ0n) is 12.4. The van der Waals surface area contributed by atoms with Crippen LogP contribution in [0.1, 0.15) is 40.5 Å². The molecule has 0 unspecified atom stereocenters. The normalized spacial score (nSPS) is 13.8. The van der Waals surface area contributed by atoms with Crippen molar-refractivity contribution < 1.29 is 14.0 Å². The number of carbonyl (C=O) groups is 1. The molecule has 0 aliphatic rings. The van der Waals surface area contributed by atoms with Gasteiger partial charge in [-0.25, -0.2) is 0 Å². The van der Waals surface area contributed by atoms with Gasteiger partial charge in [-0.05, 0) is 25.1 Å². The molecule has 0 spiro atoms. The Morgan fingerprint density at radius 2 is 1.94 bits per heavy atom. The van der Waals surface area contributed by atoms with Crippen molar-refractivity contribution in [2.24, 2.45) is 0 Å². The van der Waals surface area contributed by atoms with Crippen molar-refractivity contribution in [1.29, 1.82) is 5.26 Å². The number of esters is 1. The van der Waals surface area contributed by atoms with Crippen molar-refractivity contribution in [2.45, 2.75) is 64.8 Å². The van der Waals surface area contributed by atoms with E-state index in [1.54, 1.807) is 6.92 Å². The standard InChI is InChI=1S/C13H25NO3Si/c1-7-16-12(15)10-11(8-9-14)17-18(5,6)13(2,3)4/h11H,7-8,10H2,1-6H3/t11-/m0/s1. The lowest BCUT2D eigenvalue weighted by molar-refractivity contribution is -0.145. The first-order valence-corrected chi connectivity index (χ1v) is 9.25. The maximum atomic E-state index is 11.5. The summed E-state index contributed by atoms with van der Waals surface area (Å²) in [6.45, 7) is 12.8. The van der Waals surface area contributed by atoms with Gasteiger partial charge in [-0.1, -0.05) is 20.8 Å². The summed E-state index contributed by atoms with van der Waals surface area (Å²) >= 11 is 0. The second-order valence-corrected chi connectivity index (χ2v) is 10.6. The topological polar surface area (TPSA) is 59.3 Å². The van der Waals surface area contributed by atoms with Crippen LogP contribution in [0.25, 0.3) is 0 Å². The molecule has 104 valence electrons. The summed E-state index contributed by atoms with van der Waals surface area (Å²) in [5, 5.41) is 8.88. The van der Waals surface area contributed by atoms with Crippen molar-refractivity contribution in [3.05, 3.63) is 0 Å². The van der Waals surface area contributed by atoms with Gasteiger partial charge in [-0.3, -0.25) is 4.79 Å². The maximum absolute atomic E-state index is 11.5. The Balaban J connectivity index is 4.64. The van der Waals surface area contributed by atoms with Gasteiger partial charge >= 0.3 is 5.97 Å². The summed E-state index contributed by atoms with van der Waals surface area (Å²) < 4.78 is 11.0. The summed E-state index contributed by atoms with van der Waals surface area (Å²) in [5.74, 6) is -0.295. The minimum absolute atomic E-state index is 0.0648. The molecule has 0 fully saturated rings. The highest BCUT2D eigenvalue weighted by atomic mass is 28.4. The molecule has 1 atom stereocenters. The first kappa shape index (κ1) is 17.1. The first-order valence-electron chi connectivity index (χ1n) is 6.34. The first-order chi connectivity index (χ1) is 8.14. The van der Waals surface area contributed by atoms with Crippen molar-refractivity contribution in [3.8, 4) is 6.07 Å². The summed E-state index contributed by atoms with van der Waals surface area (Å²) in [4.78, 5) is 11.5. The molecular weight excluding hydrogens is 246 g/mol. The number of hydrogen-bond acceptors (Lipinski definition) is 4. The number of hydrogen-bond donors (Lipinski definition) is 0. The Hall–Kier alpha value is -0.863. The van der Waals surface area contributed by atoms with Crippen LogP contribution in [-0.2, 0) is 14.0 Å². The molecule has 0 rings (SSSR count). The van der Waals surface area contributed by atoms with Crippen LogP contribution in [0.4, 0.5) is 0 Å². The van der Waals surface area contributed by atoms with Crippen LogP contribution in [-0.4, -0.2) is 27.0 Å². The van der Waals surface area contributed by atoms with E-state index < -0.39 is 8.32 Å². The molecular formula is C13H25NO3Si. The quantitative estimate of drug-likeness (QED) is 0.549. The van der Waals surface area contributed by atoms with Crippen LogP contribution < -0.4 is 0 Å². The lowest BCUT2D eigenvalue weighted by Crippen LogP contribution is -2.44. The van der Waals surface area contributed by atoms with Crippen LogP contribution in [0, 0.1) is 11.3 Å². The number of nitriles is 1. The van der Waals surface area contributed by atoms with Crippen LogP contribution in [0.3, 0.4) is 0 Å². The second kappa shape index (κ2) is 6.91. The average molecular weight is 271 g/mol. The van der Waals surface area contributed by atoms with Gasteiger partial charge < -0.3 is 9.16 Å². The Kier molecular flexibility index (Phi) is 6.58. The predicted octanol–water partition coefficient (Wildman–Crippen LogP) is 3.24. The molecule has 0 radical (unpaired) electrons. The van der Waals surface area contributed by atoms with E-state index >= 15 is 0 Å². The molecule has 18 heavy (non-hydrogen) atoms. The zero-order valence-corrected chi connectivity index (χ0v) is 13.4. The molecule has 0 heterocycles. The maximum Gasteiger partial charge on any atom is 0.308 e. The lowest BCUT2D eigenvalue weighted by atomic mass is 10.2. The van der Waals surface area contributed by atoms with Crippen molar-refractivity contribution in [2.75, 3.05) is 6.61 Å². The molecule has 5 heteroatoms. The van der Waals surface area contributed by atoms with Crippen molar-refractivity contribution in [1.82, 2.24) is 0 Å². The number of nitrogens with zero attached hydrogens (tertiary/aromatic N) is 1. The highest BCUT2D eigenvalue weighted by molar-refractivity contribution is 6.74. The largest absolute Gasteiger partial charge is 0.466 e. The summed E-state index contributed by atoms with van der Waals surface area (Å²) in [6.07, 6.45) is 0.0362. The molecule has 0 aromatic carbocycles. The second-order valence-electron chi connectivity index (χ2n) is 5.87. The summed E-state index contributed by atoms with van der Waals surface area (Å²) in [7, 11) is -1.95. The van der Waals surface area contributed by atoms with Gasteiger partial charge in [0.2, 0.25) is 0 Å². The average Bonchev–Trinajstić information content (AvgIpc) is 2.15. The fraction of sp³-hybridized carbons (Fsp3) is 0.846. The van der Waals surface area contributed by atoms with Gasteiger partial charge in [-0.15, -0.1) is 0 Å². The van der Waals surface area contributed by atoms with E-state index in [2.05, 4.69) is 39.9 Å². The molecule has 0 aromatic heterocycles. The smallest absolute Gasteiger partial charge is 0.308 e. The number of carbonyl (C=O) groups excluding carboxylic acids is 1. The Morgan fingerprint density at radius 3 is 2.33 bits per heavy atom. The van der Waals surface area contributed by atoms with E-state index in [9.17, 15) is 4.79 Å². The number of rotatable bonds is 6. The van der Waals surface area contributed by atoms with E-state index in [0.29, 0.717) is 6.61 Å². The van der Waals surface area contributed by atoms with Crippen LogP contribution in [0.5, 0.6) is 0 Å². The van der Waals surface area contributed by atoms with Gasteiger partial charge in [0.1, 0.15) is 0 Å².